The van der Waals surface area contributed by atoms with Gasteiger partial charge in [0.1, 0.15) is 28.5 Å². The number of nitrogens with one attached hydrogen (secondary N) is 1. The first-order valence-corrected chi connectivity index (χ1v) is 10.5. The van der Waals surface area contributed by atoms with Crippen molar-refractivity contribution in [3.63, 3.8) is 0 Å². The van der Waals surface area contributed by atoms with E-state index in [4.69, 9.17) is 9.47 Å². The Morgan fingerprint density at radius 1 is 0.966 bits per heavy atom. The maximum atomic E-state index is 5.50. The van der Waals surface area contributed by atoms with Crippen molar-refractivity contribution in [1.29, 1.82) is 0 Å². The van der Waals surface area contributed by atoms with Crippen molar-refractivity contribution >= 4 is 27.4 Å². The number of benzene rings is 2. The summed E-state index contributed by atoms with van der Waals surface area (Å²) >= 11 is 1.63. The number of hydrogen-bond donors (Lipinski definition) is 1. The first-order chi connectivity index (χ1) is 14.3. The molecule has 29 heavy (non-hydrogen) atoms. The Labute approximate surface area is 174 Å². The van der Waals surface area contributed by atoms with Gasteiger partial charge in [-0.15, -0.1) is 11.3 Å². The molecule has 0 aliphatic rings. The largest absolute Gasteiger partial charge is 0.497 e. The minimum atomic E-state index is 0.682. The molecule has 6 heteroatoms. The Balaban J connectivity index is 1.52. The predicted octanol–water partition coefficient (Wildman–Crippen LogP) is 5.42. The Hall–Kier alpha value is -3.12. The second-order valence-electron chi connectivity index (χ2n) is 6.53. The summed E-state index contributed by atoms with van der Waals surface area (Å²) in [4.78, 5) is 9.93. The SMILES string of the molecule is CCOc1ccc(CCNc2ncnc3scc(-c4ccc(OC)cc4)c23)cc1. The van der Waals surface area contributed by atoms with Crippen molar-refractivity contribution in [2.45, 2.75) is 13.3 Å². The number of methoxy groups -OCH3 is 1. The molecule has 0 amide bonds. The Bertz CT molecular complexity index is 1080. The van der Waals surface area contributed by atoms with Crippen molar-refractivity contribution < 1.29 is 9.47 Å². The fraction of sp³-hybridized carbons (Fsp3) is 0.217. The molecule has 0 atom stereocenters. The van der Waals surface area contributed by atoms with Gasteiger partial charge in [0.2, 0.25) is 0 Å². The van der Waals surface area contributed by atoms with Crippen molar-refractivity contribution in [2.75, 3.05) is 25.6 Å². The molecule has 2 aromatic carbocycles. The molecule has 0 spiro atoms. The van der Waals surface area contributed by atoms with E-state index in [2.05, 4.69) is 44.9 Å². The van der Waals surface area contributed by atoms with E-state index in [0.29, 0.717) is 6.61 Å². The normalized spacial score (nSPS) is 10.8. The summed E-state index contributed by atoms with van der Waals surface area (Å²) in [6.07, 6.45) is 2.52. The van der Waals surface area contributed by atoms with Gasteiger partial charge in [0.05, 0.1) is 19.1 Å². The highest BCUT2D eigenvalue weighted by Crippen LogP contribution is 2.36. The molecule has 1 N–H and O–H groups in total. The average Bonchev–Trinajstić information content (AvgIpc) is 3.20. The van der Waals surface area contributed by atoms with Gasteiger partial charge < -0.3 is 14.8 Å². The van der Waals surface area contributed by atoms with Gasteiger partial charge in [-0.05, 0) is 48.7 Å². The van der Waals surface area contributed by atoms with Crippen molar-refractivity contribution in [3.8, 4) is 22.6 Å². The fourth-order valence-corrected chi connectivity index (χ4v) is 4.15. The van der Waals surface area contributed by atoms with E-state index in [9.17, 15) is 0 Å². The van der Waals surface area contributed by atoms with E-state index in [1.54, 1.807) is 24.8 Å². The topological polar surface area (TPSA) is 56.3 Å². The van der Waals surface area contributed by atoms with E-state index in [-0.39, 0.29) is 0 Å². The summed E-state index contributed by atoms with van der Waals surface area (Å²) in [7, 11) is 1.68. The minimum Gasteiger partial charge on any atom is -0.497 e. The van der Waals surface area contributed by atoms with Crippen LogP contribution in [0.2, 0.25) is 0 Å². The second kappa shape index (κ2) is 8.92. The van der Waals surface area contributed by atoms with E-state index in [1.807, 2.05) is 31.2 Å². The van der Waals surface area contributed by atoms with Crippen LogP contribution < -0.4 is 14.8 Å². The van der Waals surface area contributed by atoms with Crippen molar-refractivity contribution in [3.05, 3.63) is 65.8 Å². The highest BCUT2D eigenvalue weighted by Gasteiger charge is 2.13. The zero-order valence-electron chi connectivity index (χ0n) is 16.5. The second-order valence-corrected chi connectivity index (χ2v) is 7.39. The number of thiophene rings is 1. The van der Waals surface area contributed by atoms with Gasteiger partial charge in [0.15, 0.2) is 0 Å². The predicted molar refractivity (Wildman–Crippen MR) is 119 cm³/mol. The molecule has 0 bridgehead atoms. The van der Waals surface area contributed by atoms with Crippen LogP contribution >= 0.6 is 11.3 Å². The number of fused-ring (bicyclic) bond motifs is 1. The van der Waals surface area contributed by atoms with Crippen LogP contribution in [0.5, 0.6) is 11.5 Å². The summed E-state index contributed by atoms with van der Waals surface area (Å²) in [5.41, 5.74) is 3.52. The number of anilines is 1. The van der Waals surface area contributed by atoms with Crippen LogP contribution in [-0.2, 0) is 6.42 Å². The lowest BCUT2D eigenvalue weighted by Crippen LogP contribution is -2.07. The van der Waals surface area contributed by atoms with E-state index >= 15 is 0 Å². The summed E-state index contributed by atoms with van der Waals surface area (Å²) in [5.74, 6) is 2.62. The van der Waals surface area contributed by atoms with Crippen LogP contribution in [0.4, 0.5) is 5.82 Å². The number of hydrogen-bond acceptors (Lipinski definition) is 6. The molecular weight excluding hydrogens is 382 g/mol. The smallest absolute Gasteiger partial charge is 0.138 e. The Morgan fingerprint density at radius 2 is 1.72 bits per heavy atom. The molecule has 0 unspecified atom stereocenters. The lowest BCUT2D eigenvalue weighted by atomic mass is 10.1. The Morgan fingerprint density at radius 3 is 2.45 bits per heavy atom. The number of aromatic nitrogens is 2. The van der Waals surface area contributed by atoms with Gasteiger partial charge in [0.25, 0.3) is 0 Å². The molecule has 0 aliphatic heterocycles. The number of ether oxygens (including phenoxy) is 2. The van der Waals surface area contributed by atoms with Gasteiger partial charge in [0, 0.05) is 17.5 Å². The highest BCUT2D eigenvalue weighted by molar-refractivity contribution is 7.17. The van der Waals surface area contributed by atoms with Gasteiger partial charge in [-0.2, -0.15) is 0 Å². The zero-order chi connectivity index (χ0) is 20.1. The standard InChI is InChI=1S/C23H23N3O2S/c1-3-28-19-8-4-16(5-9-19)12-13-24-22-21-20(14-29-23(21)26-15-25-22)17-6-10-18(27-2)11-7-17/h4-11,14-15H,3,12-13H2,1-2H3,(H,24,25,26). The maximum absolute atomic E-state index is 5.50. The first kappa shape index (κ1) is 19.2. The van der Waals surface area contributed by atoms with Crippen LogP contribution in [0.1, 0.15) is 12.5 Å². The van der Waals surface area contributed by atoms with Gasteiger partial charge in [-0.25, -0.2) is 9.97 Å². The quantitative estimate of drug-likeness (QED) is 0.424. The zero-order valence-corrected chi connectivity index (χ0v) is 17.3. The van der Waals surface area contributed by atoms with Gasteiger partial charge >= 0.3 is 0 Å². The third kappa shape index (κ3) is 4.32. The molecule has 2 heterocycles. The minimum absolute atomic E-state index is 0.682. The third-order valence-electron chi connectivity index (χ3n) is 4.71. The summed E-state index contributed by atoms with van der Waals surface area (Å²) < 4.78 is 10.8. The molecule has 0 radical (unpaired) electrons. The molecule has 148 valence electrons. The van der Waals surface area contributed by atoms with Crippen molar-refractivity contribution in [2.24, 2.45) is 0 Å². The van der Waals surface area contributed by atoms with E-state index in [1.165, 1.54) is 5.56 Å². The lowest BCUT2D eigenvalue weighted by molar-refractivity contribution is 0.340. The monoisotopic (exact) mass is 405 g/mol. The molecule has 2 aromatic heterocycles. The van der Waals surface area contributed by atoms with Crippen LogP contribution in [-0.4, -0.2) is 30.2 Å². The van der Waals surface area contributed by atoms with Crippen LogP contribution in [0.25, 0.3) is 21.3 Å². The van der Waals surface area contributed by atoms with Gasteiger partial charge in [-0.3, -0.25) is 0 Å². The van der Waals surface area contributed by atoms with E-state index < -0.39 is 0 Å². The first-order valence-electron chi connectivity index (χ1n) is 9.60. The Kier molecular flexibility index (Phi) is 5.91. The molecule has 0 fully saturated rings. The fourth-order valence-electron chi connectivity index (χ4n) is 3.24. The highest BCUT2D eigenvalue weighted by atomic mass is 32.1. The third-order valence-corrected chi connectivity index (χ3v) is 5.60. The van der Waals surface area contributed by atoms with Crippen LogP contribution in [0, 0.1) is 0 Å². The van der Waals surface area contributed by atoms with E-state index in [0.717, 1.165) is 51.6 Å². The van der Waals surface area contributed by atoms with Crippen molar-refractivity contribution in [1.82, 2.24) is 9.97 Å². The molecule has 0 aliphatic carbocycles. The molecule has 4 aromatic rings. The van der Waals surface area contributed by atoms with Crippen LogP contribution in [0.3, 0.4) is 0 Å². The number of rotatable bonds is 8. The molecular formula is C23H23N3O2S. The maximum Gasteiger partial charge on any atom is 0.138 e. The molecule has 4 rings (SSSR count). The molecule has 0 saturated heterocycles. The summed E-state index contributed by atoms with van der Waals surface area (Å²) in [5, 5.41) is 6.70. The van der Waals surface area contributed by atoms with Crippen LogP contribution in [0.15, 0.2) is 60.2 Å². The number of nitrogens with zero attached hydrogens (tertiary/aromatic N) is 2. The summed E-state index contributed by atoms with van der Waals surface area (Å²) in [6.45, 7) is 3.46. The van der Waals surface area contributed by atoms with Gasteiger partial charge in [-0.1, -0.05) is 24.3 Å². The summed E-state index contributed by atoms with van der Waals surface area (Å²) in [6, 6.07) is 16.3. The average molecular weight is 406 g/mol. The molecule has 0 saturated carbocycles. The molecule has 5 nitrogen and oxygen atoms in total. The lowest BCUT2D eigenvalue weighted by Gasteiger charge is -2.09.